The van der Waals surface area contributed by atoms with Crippen molar-refractivity contribution in [2.45, 2.75) is 32.5 Å². The predicted molar refractivity (Wildman–Crippen MR) is 102 cm³/mol. The van der Waals surface area contributed by atoms with Crippen LogP contribution in [0.15, 0.2) is 53.3 Å². The standard InChI is InChI=1S/C21H26N4O2/c1-16-9-20(27-23-16)11-19-14-24(15-21(19)26-2)12-17-5-3-6-18(10-17)13-25-8-4-7-22-25/h3-10,19,21H,11-15H2,1-2H3/t19-,21+/m1/s1. The second kappa shape index (κ2) is 8.06. The molecule has 3 heterocycles. The Bertz CT molecular complexity index is 859. The highest BCUT2D eigenvalue weighted by atomic mass is 16.5. The number of nitrogens with zero attached hydrogens (tertiary/aromatic N) is 4. The van der Waals surface area contributed by atoms with Gasteiger partial charge in [-0.25, -0.2) is 0 Å². The van der Waals surface area contributed by atoms with Crippen LogP contribution in [0.4, 0.5) is 0 Å². The topological polar surface area (TPSA) is 56.3 Å². The predicted octanol–water partition coefficient (Wildman–Crippen LogP) is 2.92. The molecule has 0 aliphatic carbocycles. The molecule has 0 saturated carbocycles. The first-order chi connectivity index (χ1) is 13.2. The van der Waals surface area contributed by atoms with Crippen molar-refractivity contribution >= 4 is 0 Å². The lowest BCUT2D eigenvalue weighted by atomic mass is 10.0. The molecule has 6 heteroatoms. The molecule has 0 unspecified atom stereocenters. The number of hydrogen-bond donors (Lipinski definition) is 0. The van der Waals surface area contributed by atoms with Crippen molar-refractivity contribution in [1.82, 2.24) is 19.8 Å². The van der Waals surface area contributed by atoms with Gasteiger partial charge in [0.25, 0.3) is 0 Å². The Kier molecular flexibility index (Phi) is 5.36. The van der Waals surface area contributed by atoms with Crippen molar-refractivity contribution in [2.75, 3.05) is 20.2 Å². The smallest absolute Gasteiger partial charge is 0.137 e. The fourth-order valence-electron chi connectivity index (χ4n) is 3.96. The number of ether oxygens (including phenoxy) is 1. The highest BCUT2D eigenvalue weighted by Gasteiger charge is 2.33. The summed E-state index contributed by atoms with van der Waals surface area (Å²) < 4.78 is 13.1. The fraction of sp³-hybridized carbons (Fsp3) is 0.429. The normalized spacial score (nSPS) is 20.4. The van der Waals surface area contributed by atoms with E-state index in [9.17, 15) is 0 Å². The summed E-state index contributed by atoms with van der Waals surface area (Å²) in [7, 11) is 1.80. The van der Waals surface area contributed by atoms with Gasteiger partial charge in [-0.15, -0.1) is 0 Å². The van der Waals surface area contributed by atoms with Gasteiger partial charge in [-0.05, 0) is 24.1 Å². The summed E-state index contributed by atoms with van der Waals surface area (Å²) in [6, 6.07) is 12.7. The van der Waals surface area contributed by atoms with Gasteiger partial charge in [-0.2, -0.15) is 5.10 Å². The third kappa shape index (κ3) is 4.46. The van der Waals surface area contributed by atoms with Crippen LogP contribution in [0, 0.1) is 12.8 Å². The van der Waals surface area contributed by atoms with Gasteiger partial charge in [0.2, 0.25) is 0 Å². The molecule has 1 aromatic carbocycles. The summed E-state index contributed by atoms with van der Waals surface area (Å²) in [4.78, 5) is 2.47. The number of aromatic nitrogens is 3. The lowest BCUT2D eigenvalue weighted by molar-refractivity contribution is 0.0761. The zero-order valence-electron chi connectivity index (χ0n) is 15.9. The maximum absolute atomic E-state index is 5.75. The van der Waals surface area contributed by atoms with Gasteiger partial charge < -0.3 is 9.26 Å². The molecule has 1 saturated heterocycles. The molecule has 1 fully saturated rings. The van der Waals surface area contributed by atoms with Crippen molar-refractivity contribution < 1.29 is 9.26 Å². The molecule has 6 nitrogen and oxygen atoms in total. The molecule has 4 rings (SSSR count). The largest absolute Gasteiger partial charge is 0.380 e. The quantitative estimate of drug-likeness (QED) is 0.643. The van der Waals surface area contributed by atoms with Gasteiger partial charge >= 0.3 is 0 Å². The summed E-state index contributed by atoms with van der Waals surface area (Å²) in [5.41, 5.74) is 3.53. The Hall–Kier alpha value is -2.44. The molecule has 0 N–H and O–H groups in total. The van der Waals surface area contributed by atoms with Crippen LogP contribution < -0.4 is 0 Å². The van der Waals surface area contributed by atoms with Crippen molar-refractivity contribution in [3.8, 4) is 0 Å². The Balaban J connectivity index is 1.39. The summed E-state index contributed by atoms with van der Waals surface area (Å²) >= 11 is 0. The van der Waals surface area contributed by atoms with E-state index in [-0.39, 0.29) is 6.10 Å². The van der Waals surface area contributed by atoms with E-state index in [0.29, 0.717) is 5.92 Å². The van der Waals surface area contributed by atoms with E-state index in [1.165, 1.54) is 11.1 Å². The van der Waals surface area contributed by atoms with E-state index in [1.54, 1.807) is 7.11 Å². The molecule has 1 aliphatic rings. The monoisotopic (exact) mass is 366 g/mol. The minimum Gasteiger partial charge on any atom is -0.380 e. The number of benzene rings is 1. The first kappa shape index (κ1) is 17.9. The average Bonchev–Trinajstić information content (AvgIpc) is 3.38. The second-order valence-electron chi connectivity index (χ2n) is 7.39. The molecular weight excluding hydrogens is 340 g/mol. The first-order valence-electron chi connectivity index (χ1n) is 9.42. The third-order valence-corrected chi connectivity index (χ3v) is 5.20. The van der Waals surface area contributed by atoms with Crippen molar-refractivity contribution in [3.63, 3.8) is 0 Å². The fourth-order valence-corrected chi connectivity index (χ4v) is 3.96. The van der Waals surface area contributed by atoms with Crippen molar-refractivity contribution in [3.05, 3.63) is 71.4 Å². The minimum absolute atomic E-state index is 0.225. The van der Waals surface area contributed by atoms with Gasteiger partial charge in [0.05, 0.1) is 18.3 Å². The van der Waals surface area contributed by atoms with Crippen LogP contribution >= 0.6 is 0 Å². The molecule has 1 aliphatic heterocycles. The molecule has 27 heavy (non-hydrogen) atoms. The van der Waals surface area contributed by atoms with Gasteiger partial charge in [-0.3, -0.25) is 9.58 Å². The Morgan fingerprint density at radius 3 is 2.70 bits per heavy atom. The SMILES string of the molecule is CO[C@H]1CN(Cc2cccc(Cn3cccn3)c2)C[C@H]1Cc1cc(C)no1. The summed E-state index contributed by atoms with van der Waals surface area (Å²) in [6.07, 6.45) is 4.90. The van der Waals surface area contributed by atoms with Gasteiger partial charge in [0.1, 0.15) is 5.76 Å². The van der Waals surface area contributed by atoms with E-state index in [2.05, 4.69) is 39.4 Å². The minimum atomic E-state index is 0.225. The number of hydrogen-bond acceptors (Lipinski definition) is 5. The van der Waals surface area contributed by atoms with Gasteiger partial charge in [0, 0.05) is 57.5 Å². The van der Waals surface area contributed by atoms with E-state index in [0.717, 1.165) is 44.1 Å². The maximum atomic E-state index is 5.75. The first-order valence-corrected chi connectivity index (χ1v) is 9.42. The van der Waals surface area contributed by atoms with Gasteiger partial charge in [0.15, 0.2) is 0 Å². The van der Waals surface area contributed by atoms with E-state index < -0.39 is 0 Å². The Morgan fingerprint density at radius 2 is 2.00 bits per heavy atom. The number of methoxy groups -OCH3 is 1. The van der Waals surface area contributed by atoms with Crippen LogP contribution in [0.3, 0.4) is 0 Å². The zero-order valence-corrected chi connectivity index (χ0v) is 15.9. The zero-order chi connectivity index (χ0) is 18.6. The van der Waals surface area contributed by atoms with Crippen LogP contribution in [0.1, 0.15) is 22.6 Å². The molecule has 2 aromatic heterocycles. The van der Waals surface area contributed by atoms with E-state index in [4.69, 9.17) is 9.26 Å². The van der Waals surface area contributed by atoms with Gasteiger partial charge in [-0.1, -0.05) is 29.4 Å². The lowest BCUT2D eigenvalue weighted by Crippen LogP contribution is -2.23. The van der Waals surface area contributed by atoms with Crippen LogP contribution in [0.2, 0.25) is 0 Å². The second-order valence-corrected chi connectivity index (χ2v) is 7.39. The summed E-state index contributed by atoms with van der Waals surface area (Å²) in [5, 5.41) is 8.29. The van der Waals surface area contributed by atoms with E-state index >= 15 is 0 Å². The van der Waals surface area contributed by atoms with Crippen LogP contribution in [-0.4, -0.2) is 46.1 Å². The summed E-state index contributed by atoms with van der Waals surface area (Å²) in [5.74, 6) is 1.37. The number of rotatable bonds is 7. The highest BCUT2D eigenvalue weighted by Crippen LogP contribution is 2.25. The molecule has 0 bridgehead atoms. The number of likely N-dealkylation sites (tertiary alicyclic amines) is 1. The van der Waals surface area contributed by atoms with Crippen molar-refractivity contribution in [2.24, 2.45) is 5.92 Å². The van der Waals surface area contributed by atoms with E-state index in [1.807, 2.05) is 36.1 Å². The summed E-state index contributed by atoms with van der Waals surface area (Å²) in [6.45, 7) is 5.63. The molecule has 3 aromatic rings. The molecular formula is C21H26N4O2. The van der Waals surface area contributed by atoms with Crippen LogP contribution in [0.5, 0.6) is 0 Å². The molecule has 0 amide bonds. The van der Waals surface area contributed by atoms with Crippen LogP contribution in [-0.2, 0) is 24.2 Å². The number of aryl methyl sites for hydroxylation is 1. The maximum Gasteiger partial charge on any atom is 0.137 e. The molecule has 0 radical (unpaired) electrons. The molecule has 2 atom stereocenters. The highest BCUT2D eigenvalue weighted by molar-refractivity contribution is 5.24. The lowest BCUT2D eigenvalue weighted by Gasteiger charge is -2.16. The molecule has 142 valence electrons. The Morgan fingerprint density at radius 1 is 1.15 bits per heavy atom. The van der Waals surface area contributed by atoms with Crippen LogP contribution in [0.25, 0.3) is 0 Å². The average molecular weight is 366 g/mol. The van der Waals surface area contributed by atoms with Crippen molar-refractivity contribution in [1.29, 1.82) is 0 Å². The Labute approximate surface area is 159 Å². The molecule has 0 spiro atoms. The third-order valence-electron chi connectivity index (χ3n) is 5.20.